The third-order valence-corrected chi connectivity index (χ3v) is 2.60. The van der Waals surface area contributed by atoms with Gasteiger partial charge in [-0.2, -0.15) is 0 Å². The van der Waals surface area contributed by atoms with Crippen LogP contribution in [0.2, 0.25) is 0 Å². The van der Waals surface area contributed by atoms with E-state index in [1.807, 2.05) is 0 Å². The Balaban J connectivity index is 2.91. The van der Waals surface area contributed by atoms with Gasteiger partial charge in [-0.05, 0) is 23.9 Å². The number of carbonyl (C=O) groups excluding carboxylic acids is 1. The Morgan fingerprint density at radius 3 is 2.13 bits per heavy atom. The highest BCUT2D eigenvalue weighted by molar-refractivity contribution is 8.13. The number of thioether (sulfide) groups is 1. The molecule has 0 aliphatic rings. The SMILES string of the molecule is CNC(=O)Sc1cc(OC)cc(OC)c1. The third-order valence-electron chi connectivity index (χ3n) is 1.74. The summed E-state index contributed by atoms with van der Waals surface area (Å²) in [5.74, 6) is 1.33. The molecule has 1 rings (SSSR count). The van der Waals surface area contributed by atoms with Crippen LogP contribution >= 0.6 is 11.8 Å². The Hall–Kier alpha value is -1.36. The van der Waals surface area contributed by atoms with Crippen molar-refractivity contribution in [1.29, 1.82) is 0 Å². The molecule has 0 aliphatic heterocycles. The molecular formula is C10H13NO3S. The molecule has 0 fully saturated rings. The van der Waals surface area contributed by atoms with E-state index < -0.39 is 0 Å². The molecule has 0 unspecified atom stereocenters. The Morgan fingerprint density at radius 1 is 1.20 bits per heavy atom. The maximum absolute atomic E-state index is 11.2. The second kappa shape index (κ2) is 5.50. The molecule has 0 saturated carbocycles. The number of hydrogen-bond acceptors (Lipinski definition) is 4. The summed E-state index contributed by atoms with van der Waals surface area (Å²) in [5.41, 5.74) is 0. The second-order valence-electron chi connectivity index (χ2n) is 2.69. The molecular weight excluding hydrogens is 214 g/mol. The van der Waals surface area contributed by atoms with Gasteiger partial charge < -0.3 is 14.8 Å². The summed E-state index contributed by atoms with van der Waals surface area (Å²) in [6.07, 6.45) is 0. The molecule has 15 heavy (non-hydrogen) atoms. The van der Waals surface area contributed by atoms with Crippen LogP contribution in [0.4, 0.5) is 4.79 Å². The number of nitrogens with one attached hydrogen (secondary N) is 1. The minimum atomic E-state index is -0.120. The normalized spacial score (nSPS) is 9.53. The molecule has 0 atom stereocenters. The topological polar surface area (TPSA) is 47.6 Å². The second-order valence-corrected chi connectivity index (χ2v) is 3.73. The Bertz CT molecular complexity index is 332. The molecule has 4 nitrogen and oxygen atoms in total. The summed E-state index contributed by atoms with van der Waals surface area (Å²) in [4.78, 5) is 11.9. The lowest BCUT2D eigenvalue weighted by atomic mass is 10.3. The largest absolute Gasteiger partial charge is 0.497 e. The molecule has 0 heterocycles. The fourth-order valence-electron chi connectivity index (χ4n) is 0.998. The van der Waals surface area contributed by atoms with Crippen LogP contribution in [0.25, 0.3) is 0 Å². The average molecular weight is 227 g/mol. The summed E-state index contributed by atoms with van der Waals surface area (Å²) in [5, 5.41) is 2.41. The van der Waals surface area contributed by atoms with Crippen molar-refractivity contribution in [2.45, 2.75) is 4.90 Å². The highest BCUT2D eigenvalue weighted by Crippen LogP contribution is 2.29. The van der Waals surface area contributed by atoms with Crippen molar-refractivity contribution in [2.24, 2.45) is 0 Å². The van der Waals surface area contributed by atoms with E-state index >= 15 is 0 Å². The van der Waals surface area contributed by atoms with Gasteiger partial charge in [-0.15, -0.1) is 0 Å². The predicted octanol–water partition coefficient (Wildman–Crippen LogP) is 2.14. The molecule has 1 aromatic carbocycles. The molecule has 82 valence electrons. The van der Waals surface area contributed by atoms with Gasteiger partial charge in [0, 0.05) is 18.0 Å². The summed E-state index contributed by atoms with van der Waals surface area (Å²) in [7, 11) is 4.74. The first-order chi connectivity index (χ1) is 7.19. The summed E-state index contributed by atoms with van der Waals surface area (Å²) in [6, 6.07) is 5.32. The van der Waals surface area contributed by atoms with Crippen LogP contribution in [-0.2, 0) is 0 Å². The van der Waals surface area contributed by atoms with Crippen LogP contribution in [0.3, 0.4) is 0 Å². The van der Waals surface area contributed by atoms with Gasteiger partial charge in [0.1, 0.15) is 11.5 Å². The van der Waals surface area contributed by atoms with Crippen LogP contribution in [-0.4, -0.2) is 26.5 Å². The summed E-state index contributed by atoms with van der Waals surface area (Å²) in [6.45, 7) is 0. The first-order valence-electron chi connectivity index (χ1n) is 4.32. The third kappa shape index (κ3) is 3.36. The molecule has 1 amide bonds. The zero-order chi connectivity index (χ0) is 11.3. The Morgan fingerprint density at radius 2 is 1.73 bits per heavy atom. The summed E-state index contributed by atoms with van der Waals surface area (Å²) < 4.78 is 10.2. The Labute approximate surface area is 93.0 Å². The van der Waals surface area contributed by atoms with Crippen molar-refractivity contribution >= 4 is 17.0 Å². The minimum Gasteiger partial charge on any atom is -0.497 e. The van der Waals surface area contributed by atoms with Gasteiger partial charge in [-0.3, -0.25) is 4.79 Å². The van der Waals surface area contributed by atoms with Crippen molar-refractivity contribution in [3.8, 4) is 11.5 Å². The number of amides is 1. The van der Waals surface area contributed by atoms with E-state index in [0.717, 1.165) is 16.7 Å². The van der Waals surface area contributed by atoms with Gasteiger partial charge in [-0.25, -0.2) is 0 Å². The smallest absolute Gasteiger partial charge is 0.283 e. The lowest BCUT2D eigenvalue weighted by molar-refractivity contribution is 0.262. The van der Waals surface area contributed by atoms with Crippen molar-refractivity contribution in [3.05, 3.63) is 18.2 Å². The molecule has 5 heteroatoms. The molecule has 1 aromatic rings. The van der Waals surface area contributed by atoms with Crippen LogP contribution in [0.15, 0.2) is 23.1 Å². The standard InChI is InChI=1S/C10H13NO3S/c1-11-10(12)15-9-5-7(13-2)4-8(6-9)14-3/h4-6H,1-3H3,(H,11,12). The van der Waals surface area contributed by atoms with Crippen molar-refractivity contribution in [1.82, 2.24) is 5.32 Å². The fourth-order valence-corrected chi connectivity index (χ4v) is 1.66. The van der Waals surface area contributed by atoms with Crippen LogP contribution in [0.1, 0.15) is 0 Å². The zero-order valence-corrected chi connectivity index (χ0v) is 9.68. The zero-order valence-electron chi connectivity index (χ0n) is 8.87. The van der Waals surface area contributed by atoms with E-state index in [1.54, 1.807) is 39.5 Å². The molecule has 0 aliphatic carbocycles. The maximum Gasteiger partial charge on any atom is 0.283 e. The number of methoxy groups -OCH3 is 2. The van der Waals surface area contributed by atoms with Crippen molar-refractivity contribution < 1.29 is 14.3 Å². The van der Waals surface area contributed by atoms with Crippen LogP contribution < -0.4 is 14.8 Å². The Kier molecular flexibility index (Phi) is 4.30. The van der Waals surface area contributed by atoms with Crippen molar-refractivity contribution in [2.75, 3.05) is 21.3 Å². The lowest BCUT2D eigenvalue weighted by Crippen LogP contribution is -2.10. The number of hydrogen-bond donors (Lipinski definition) is 1. The number of rotatable bonds is 3. The molecule has 1 N–H and O–H groups in total. The molecule has 0 bridgehead atoms. The van der Waals surface area contributed by atoms with E-state index in [1.165, 1.54) is 0 Å². The first kappa shape index (κ1) is 11.7. The van der Waals surface area contributed by atoms with Gasteiger partial charge in [0.05, 0.1) is 14.2 Å². The van der Waals surface area contributed by atoms with Gasteiger partial charge in [-0.1, -0.05) is 0 Å². The van der Waals surface area contributed by atoms with Gasteiger partial charge in [0.15, 0.2) is 0 Å². The summed E-state index contributed by atoms with van der Waals surface area (Å²) >= 11 is 1.09. The minimum absolute atomic E-state index is 0.120. The average Bonchev–Trinajstić information content (AvgIpc) is 2.28. The van der Waals surface area contributed by atoms with Crippen LogP contribution in [0.5, 0.6) is 11.5 Å². The monoisotopic (exact) mass is 227 g/mol. The van der Waals surface area contributed by atoms with Crippen LogP contribution in [0, 0.1) is 0 Å². The lowest BCUT2D eigenvalue weighted by Gasteiger charge is -2.07. The van der Waals surface area contributed by atoms with Gasteiger partial charge >= 0.3 is 0 Å². The van der Waals surface area contributed by atoms with Gasteiger partial charge in [0.2, 0.25) is 0 Å². The number of ether oxygens (including phenoxy) is 2. The van der Waals surface area contributed by atoms with E-state index in [2.05, 4.69) is 5.32 Å². The number of benzene rings is 1. The van der Waals surface area contributed by atoms with E-state index in [9.17, 15) is 4.79 Å². The van der Waals surface area contributed by atoms with E-state index in [0.29, 0.717) is 11.5 Å². The maximum atomic E-state index is 11.2. The van der Waals surface area contributed by atoms with E-state index in [-0.39, 0.29) is 5.24 Å². The highest BCUT2D eigenvalue weighted by atomic mass is 32.2. The van der Waals surface area contributed by atoms with E-state index in [4.69, 9.17) is 9.47 Å². The predicted molar refractivity (Wildman–Crippen MR) is 59.9 cm³/mol. The highest BCUT2D eigenvalue weighted by Gasteiger charge is 2.06. The van der Waals surface area contributed by atoms with Crippen molar-refractivity contribution in [3.63, 3.8) is 0 Å². The molecule has 0 aromatic heterocycles. The molecule has 0 radical (unpaired) electrons. The molecule has 0 spiro atoms. The fraction of sp³-hybridized carbons (Fsp3) is 0.300. The first-order valence-corrected chi connectivity index (χ1v) is 5.14. The molecule has 0 saturated heterocycles. The number of carbonyl (C=O) groups is 1. The quantitative estimate of drug-likeness (QED) is 0.804. The van der Waals surface area contributed by atoms with Gasteiger partial charge in [0.25, 0.3) is 5.24 Å².